The first-order valence-electron chi connectivity index (χ1n) is 1.11. The number of thiocarbonyl (C=S) groups is 1. The minimum absolute atomic E-state index is 0. The second-order valence-electron chi connectivity index (χ2n) is 0.319. The molecule has 0 aliphatic rings. The van der Waals surface area contributed by atoms with E-state index in [1.165, 1.54) is 0 Å². The molecule has 0 atom stereocenters. The Kier molecular flexibility index (Phi) is 35.9. The van der Waals surface area contributed by atoms with E-state index in [2.05, 4.69) is 43.7 Å². The number of hydrogen-bond acceptors (Lipinski definition) is 2. The molecular formula is C3H5NS2Zn. The van der Waals surface area contributed by atoms with Crippen molar-refractivity contribution in [3.63, 3.8) is 0 Å². The van der Waals surface area contributed by atoms with E-state index < -0.39 is 0 Å². The van der Waals surface area contributed by atoms with Crippen LogP contribution in [0, 0.1) is 6.58 Å². The molecule has 0 unspecified atom stereocenters. The molecule has 0 rings (SSSR count). The van der Waals surface area contributed by atoms with Gasteiger partial charge in [-0.2, -0.15) is 0 Å². The summed E-state index contributed by atoms with van der Waals surface area (Å²) >= 11 is 8.26. The van der Waals surface area contributed by atoms with Gasteiger partial charge in [-0.3, -0.25) is 6.58 Å². The Balaban J connectivity index is -0.0000000480. The molecule has 0 aliphatic carbocycles. The van der Waals surface area contributed by atoms with Gasteiger partial charge >= 0.3 is 19.5 Å². The first-order valence-corrected chi connectivity index (χ1v) is 1.92. The second kappa shape index (κ2) is 16.1. The summed E-state index contributed by atoms with van der Waals surface area (Å²) < 4.78 is 0.0833. The van der Waals surface area contributed by atoms with Crippen molar-refractivity contribution in [3.05, 3.63) is 13.2 Å². The van der Waals surface area contributed by atoms with E-state index in [0.29, 0.717) is 0 Å². The molecule has 0 aromatic rings. The normalized spacial score (nSPS) is 4.00. The van der Waals surface area contributed by atoms with Gasteiger partial charge in [0, 0.05) is 0 Å². The topological polar surface area (TPSA) is 26.0 Å². The maximum atomic E-state index is 4.66. The molecule has 0 radical (unpaired) electrons. The molecule has 1 nitrogen and oxygen atoms in total. The Morgan fingerprint density at radius 2 is 1.71 bits per heavy atom. The third-order valence-corrected chi connectivity index (χ3v) is 0. The van der Waals surface area contributed by atoms with Crippen molar-refractivity contribution in [2.75, 3.05) is 0 Å². The molecule has 0 spiro atoms. The van der Waals surface area contributed by atoms with E-state index in [1.807, 2.05) is 0 Å². The fourth-order valence-corrected chi connectivity index (χ4v) is 0. The predicted molar refractivity (Wildman–Crippen MR) is 34.1 cm³/mol. The van der Waals surface area contributed by atoms with Crippen LogP contribution in [0.5, 0.6) is 0 Å². The van der Waals surface area contributed by atoms with Gasteiger partial charge in [0.05, 0.1) is 0 Å². The predicted octanol–water partition coefficient (Wildman–Crippen LogP) is 0.380. The van der Waals surface area contributed by atoms with Gasteiger partial charge in [0.2, 0.25) is 0 Å². The first kappa shape index (κ1) is 15.6. The van der Waals surface area contributed by atoms with Crippen LogP contribution in [0.1, 0.15) is 0 Å². The smallest absolute Gasteiger partial charge is 0.521 e. The molecule has 0 aliphatic heterocycles. The van der Waals surface area contributed by atoms with Gasteiger partial charge in [0.1, 0.15) is 0 Å². The van der Waals surface area contributed by atoms with Gasteiger partial charge in [-0.25, -0.2) is 0 Å². The SMILES string of the molecule is NC(=S)[S-].[CH-]=C.[Zn+2]. The van der Waals surface area contributed by atoms with E-state index in [-0.39, 0.29) is 23.8 Å². The molecule has 0 fully saturated rings. The molecular weight excluding hydrogens is 180 g/mol. The molecule has 0 saturated heterocycles. The van der Waals surface area contributed by atoms with E-state index in [9.17, 15) is 0 Å². The summed E-state index contributed by atoms with van der Waals surface area (Å²) in [6, 6.07) is 0. The van der Waals surface area contributed by atoms with Gasteiger partial charge in [0.15, 0.2) is 0 Å². The number of rotatable bonds is 0. The van der Waals surface area contributed by atoms with E-state index in [0.717, 1.165) is 0 Å². The Morgan fingerprint density at radius 3 is 1.71 bits per heavy atom. The van der Waals surface area contributed by atoms with E-state index >= 15 is 0 Å². The van der Waals surface area contributed by atoms with E-state index in [1.54, 1.807) is 0 Å². The van der Waals surface area contributed by atoms with Crippen LogP contribution in [0.4, 0.5) is 0 Å². The first-order chi connectivity index (χ1) is 2.73. The molecule has 4 heteroatoms. The minimum atomic E-state index is 0. The second-order valence-corrected chi connectivity index (χ2v) is 1.46. The zero-order valence-corrected chi connectivity index (χ0v) is 8.49. The van der Waals surface area contributed by atoms with Crippen molar-refractivity contribution < 1.29 is 19.5 Å². The summed E-state index contributed by atoms with van der Waals surface area (Å²) in [5.74, 6) is 0. The summed E-state index contributed by atoms with van der Waals surface area (Å²) in [4.78, 5) is 0. The van der Waals surface area contributed by atoms with Crippen LogP contribution in [-0.4, -0.2) is 4.32 Å². The molecule has 2 N–H and O–H groups in total. The molecule has 0 saturated carbocycles. The van der Waals surface area contributed by atoms with Crippen molar-refractivity contribution in [2.24, 2.45) is 5.73 Å². The number of nitrogens with two attached hydrogens (primary N) is 1. The Labute approximate surface area is 67.5 Å². The fourth-order valence-electron chi connectivity index (χ4n) is 0. The summed E-state index contributed by atoms with van der Waals surface area (Å²) in [6.07, 6.45) is 0. The van der Waals surface area contributed by atoms with Crippen LogP contribution in [0.3, 0.4) is 0 Å². The van der Waals surface area contributed by atoms with Gasteiger partial charge in [-0.1, -0.05) is 4.32 Å². The zero-order valence-electron chi connectivity index (χ0n) is 3.89. The van der Waals surface area contributed by atoms with Crippen molar-refractivity contribution >= 4 is 29.2 Å². The van der Waals surface area contributed by atoms with Crippen molar-refractivity contribution in [1.82, 2.24) is 0 Å². The van der Waals surface area contributed by atoms with Gasteiger partial charge in [-0.05, 0) is 0 Å². The van der Waals surface area contributed by atoms with Crippen LogP contribution in [0.2, 0.25) is 0 Å². The van der Waals surface area contributed by atoms with Crippen LogP contribution < -0.4 is 5.73 Å². The quantitative estimate of drug-likeness (QED) is 0.255. The van der Waals surface area contributed by atoms with Gasteiger partial charge in [0.25, 0.3) is 0 Å². The molecule has 36 valence electrons. The van der Waals surface area contributed by atoms with Crippen molar-refractivity contribution in [1.29, 1.82) is 0 Å². The average molecular weight is 185 g/mol. The summed E-state index contributed by atoms with van der Waals surface area (Å²) in [7, 11) is 0. The fraction of sp³-hybridized carbons (Fsp3) is 0. The van der Waals surface area contributed by atoms with Crippen molar-refractivity contribution in [2.45, 2.75) is 0 Å². The maximum absolute atomic E-state index is 4.66. The average Bonchev–Trinajstić information content (AvgIpc) is 1.41. The van der Waals surface area contributed by atoms with Crippen LogP contribution in [-0.2, 0) is 32.1 Å². The van der Waals surface area contributed by atoms with Crippen molar-refractivity contribution in [3.8, 4) is 0 Å². The Morgan fingerprint density at radius 1 is 1.71 bits per heavy atom. The standard InChI is InChI=1S/C2H3.CH3NS2.Zn/c1-2;2-1(3)4;/h1H,2H2;(H3,2,3,4);/q-1;;+2/p-1. The van der Waals surface area contributed by atoms with Crippen LogP contribution in [0.25, 0.3) is 0 Å². The monoisotopic (exact) mass is 183 g/mol. The molecule has 0 bridgehead atoms. The molecule has 0 heterocycles. The van der Waals surface area contributed by atoms with Gasteiger partial charge in [-0.15, -0.1) is 0 Å². The number of hydrogen-bond donors (Lipinski definition) is 1. The summed E-state index contributed by atoms with van der Waals surface area (Å²) in [5.41, 5.74) is 4.66. The largest absolute Gasteiger partial charge is 2.00 e. The maximum Gasteiger partial charge on any atom is 2.00 e. The Bertz CT molecular complexity index is 44.2. The summed E-state index contributed by atoms with van der Waals surface area (Å²) in [6.45, 7) is 7.00. The van der Waals surface area contributed by atoms with Crippen LogP contribution >= 0.6 is 12.2 Å². The zero-order chi connectivity index (χ0) is 5.58. The molecule has 0 amide bonds. The third kappa shape index (κ3) is 578. The molecule has 7 heavy (non-hydrogen) atoms. The van der Waals surface area contributed by atoms with Crippen LogP contribution in [0.15, 0.2) is 6.58 Å². The Hall–Kier alpha value is 0.473. The molecule has 0 aromatic carbocycles. The summed E-state index contributed by atoms with van der Waals surface area (Å²) in [5, 5.41) is 0. The third-order valence-electron chi connectivity index (χ3n) is 0. The van der Waals surface area contributed by atoms with E-state index in [4.69, 9.17) is 0 Å². The minimum Gasteiger partial charge on any atom is -0.521 e. The molecule has 0 aromatic heterocycles. The van der Waals surface area contributed by atoms with Gasteiger partial charge < -0.3 is 37.2 Å².